The smallest absolute Gasteiger partial charge is 0.307 e. The lowest BCUT2D eigenvalue weighted by atomic mass is 10.2. The predicted molar refractivity (Wildman–Crippen MR) is 130 cm³/mol. The van der Waals surface area contributed by atoms with E-state index in [2.05, 4.69) is 15.1 Å². The van der Waals surface area contributed by atoms with Crippen molar-refractivity contribution in [3.8, 4) is 0 Å². The highest BCUT2D eigenvalue weighted by Gasteiger charge is 2.15. The van der Waals surface area contributed by atoms with Crippen molar-refractivity contribution in [3.05, 3.63) is 111 Å². The van der Waals surface area contributed by atoms with E-state index in [0.29, 0.717) is 22.5 Å². The second-order valence-corrected chi connectivity index (χ2v) is 8.02. The van der Waals surface area contributed by atoms with E-state index in [-0.39, 0.29) is 11.4 Å². The molecule has 0 aliphatic heterocycles. The molecule has 34 heavy (non-hydrogen) atoms. The Balaban J connectivity index is 1.37. The number of carbonyl (C=O) groups excluding carboxylic acids is 1. The molecule has 0 aliphatic rings. The number of para-hydroxylation sites is 1. The highest BCUT2D eigenvalue weighted by Crippen LogP contribution is 2.25. The van der Waals surface area contributed by atoms with Crippen LogP contribution in [0.5, 0.6) is 0 Å². The van der Waals surface area contributed by atoms with Crippen LogP contribution in [0.1, 0.15) is 21.7 Å². The molecule has 0 bridgehead atoms. The van der Waals surface area contributed by atoms with Crippen molar-refractivity contribution in [1.29, 1.82) is 0 Å². The van der Waals surface area contributed by atoms with E-state index in [4.69, 9.17) is 16.0 Å². The number of hydrogen-bond acceptors (Lipinski definition) is 5. The van der Waals surface area contributed by atoms with Gasteiger partial charge in [0.05, 0.1) is 11.1 Å². The lowest BCUT2D eigenvalue weighted by molar-refractivity contribution is -0.384. The van der Waals surface area contributed by atoms with Gasteiger partial charge in [0.2, 0.25) is 0 Å². The minimum atomic E-state index is -0.560. The summed E-state index contributed by atoms with van der Waals surface area (Å²) in [6.45, 7) is 0.589. The zero-order chi connectivity index (χ0) is 23.7. The van der Waals surface area contributed by atoms with Gasteiger partial charge in [-0.1, -0.05) is 48.0 Å². The summed E-state index contributed by atoms with van der Waals surface area (Å²) in [4.78, 5) is 22.9. The molecular weight excluding hydrogens is 456 g/mol. The fourth-order valence-electron chi connectivity index (χ4n) is 3.79. The average molecular weight is 473 g/mol. The number of rotatable bonds is 6. The van der Waals surface area contributed by atoms with E-state index >= 15 is 0 Å². The van der Waals surface area contributed by atoms with E-state index in [1.807, 2.05) is 54.7 Å². The third-order valence-corrected chi connectivity index (χ3v) is 5.79. The number of hydrogen-bond donors (Lipinski definition) is 1. The van der Waals surface area contributed by atoms with Gasteiger partial charge in [0.25, 0.3) is 5.69 Å². The van der Waals surface area contributed by atoms with Crippen molar-refractivity contribution >= 4 is 51.3 Å². The second-order valence-electron chi connectivity index (χ2n) is 7.61. The minimum absolute atomic E-state index is 0.00814. The highest BCUT2D eigenvalue weighted by molar-refractivity contribution is 6.31. The van der Waals surface area contributed by atoms with Crippen LogP contribution < -0.4 is 5.43 Å². The van der Waals surface area contributed by atoms with Gasteiger partial charge in [0.1, 0.15) is 5.58 Å². The Kier molecular flexibility index (Phi) is 5.57. The van der Waals surface area contributed by atoms with E-state index in [9.17, 15) is 14.9 Å². The van der Waals surface area contributed by atoms with E-state index in [1.165, 1.54) is 24.3 Å². The van der Waals surface area contributed by atoms with Crippen LogP contribution in [-0.2, 0) is 6.54 Å². The number of hydrazone groups is 1. The number of carbonyl (C=O) groups is 1. The van der Waals surface area contributed by atoms with Crippen LogP contribution >= 0.6 is 11.6 Å². The molecule has 0 fully saturated rings. The summed E-state index contributed by atoms with van der Waals surface area (Å²) in [5.74, 6) is -0.552. The summed E-state index contributed by atoms with van der Waals surface area (Å²) in [6, 6.07) is 21.1. The first-order chi connectivity index (χ1) is 16.5. The quantitative estimate of drug-likeness (QED) is 0.193. The maximum Gasteiger partial charge on any atom is 0.307 e. The Morgan fingerprint density at radius 1 is 1.12 bits per heavy atom. The van der Waals surface area contributed by atoms with Crippen LogP contribution in [0, 0.1) is 10.1 Å². The summed E-state index contributed by atoms with van der Waals surface area (Å²) in [5.41, 5.74) is 5.57. The third-order valence-electron chi connectivity index (χ3n) is 5.42. The lowest BCUT2D eigenvalue weighted by Crippen LogP contribution is -2.16. The number of amides is 1. The van der Waals surface area contributed by atoms with E-state index in [1.54, 1.807) is 6.21 Å². The van der Waals surface area contributed by atoms with Crippen LogP contribution in [0.4, 0.5) is 5.69 Å². The molecule has 3 aromatic carbocycles. The number of benzene rings is 3. The zero-order valence-corrected chi connectivity index (χ0v) is 18.4. The molecule has 2 heterocycles. The normalized spacial score (nSPS) is 11.4. The molecule has 0 aliphatic carbocycles. The van der Waals surface area contributed by atoms with Crippen LogP contribution in [0.15, 0.2) is 88.5 Å². The molecule has 0 unspecified atom stereocenters. The fraction of sp³-hybridized carbons (Fsp3) is 0.0400. The molecule has 2 aromatic heterocycles. The van der Waals surface area contributed by atoms with Crippen LogP contribution in [0.25, 0.3) is 21.9 Å². The molecule has 0 spiro atoms. The first-order valence-electron chi connectivity index (χ1n) is 10.3. The standard InChI is InChI=1S/C25H17ClN4O4/c26-21-7-3-1-5-16(21)14-29-15-18(20-6-2-4-8-22(20)29)13-27-28-25(31)24-12-17-11-19(30(32)33)9-10-23(17)34-24/h1-13,15H,14H2,(H,28,31)/b27-13+. The number of nitrogens with one attached hydrogen (secondary N) is 1. The van der Waals surface area contributed by atoms with Gasteiger partial charge in [-0.15, -0.1) is 0 Å². The molecule has 0 atom stereocenters. The Morgan fingerprint density at radius 2 is 1.91 bits per heavy atom. The van der Waals surface area contributed by atoms with Crippen molar-refractivity contribution in [2.24, 2.45) is 5.10 Å². The second kappa shape index (κ2) is 8.84. The molecular formula is C25H17ClN4O4. The monoisotopic (exact) mass is 472 g/mol. The van der Waals surface area contributed by atoms with Gasteiger partial charge in [-0.2, -0.15) is 5.10 Å². The average Bonchev–Trinajstić information content (AvgIpc) is 3.42. The van der Waals surface area contributed by atoms with Crippen molar-refractivity contribution < 1.29 is 14.1 Å². The van der Waals surface area contributed by atoms with Gasteiger partial charge >= 0.3 is 5.91 Å². The highest BCUT2D eigenvalue weighted by atomic mass is 35.5. The number of aromatic nitrogens is 1. The number of halogens is 1. The van der Waals surface area contributed by atoms with Crippen molar-refractivity contribution in [2.45, 2.75) is 6.54 Å². The summed E-state index contributed by atoms with van der Waals surface area (Å²) in [5, 5.41) is 17.2. The summed E-state index contributed by atoms with van der Waals surface area (Å²) in [7, 11) is 0. The number of non-ortho nitro benzene ring substituents is 1. The van der Waals surface area contributed by atoms with Crippen LogP contribution in [0.3, 0.4) is 0 Å². The first kappa shape index (κ1) is 21.4. The minimum Gasteiger partial charge on any atom is -0.451 e. The largest absolute Gasteiger partial charge is 0.451 e. The Hall–Kier alpha value is -4.43. The lowest BCUT2D eigenvalue weighted by Gasteiger charge is -2.07. The number of nitro groups is 1. The van der Waals surface area contributed by atoms with Crippen molar-refractivity contribution in [1.82, 2.24) is 9.99 Å². The Bertz CT molecular complexity index is 1580. The Morgan fingerprint density at radius 3 is 2.74 bits per heavy atom. The number of furan rings is 1. The molecule has 8 nitrogen and oxygen atoms in total. The molecule has 0 saturated carbocycles. The summed E-state index contributed by atoms with van der Waals surface area (Å²) in [6.07, 6.45) is 3.51. The van der Waals surface area contributed by atoms with Gasteiger partial charge in [0, 0.05) is 51.7 Å². The molecule has 168 valence electrons. The maximum atomic E-state index is 12.5. The fourth-order valence-corrected chi connectivity index (χ4v) is 3.99. The van der Waals surface area contributed by atoms with E-state index in [0.717, 1.165) is 22.0 Å². The summed E-state index contributed by atoms with van der Waals surface area (Å²) < 4.78 is 7.57. The predicted octanol–water partition coefficient (Wildman–Crippen LogP) is 5.76. The van der Waals surface area contributed by atoms with Crippen LogP contribution in [-0.4, -0.2) is 21.6 Å². The number of nitro benzene ring substituents is 1. The van der Waals surface area contributed by atoms with Gasteiger partial charge in [-0.3, -0.25) is 14.9 Å². The van der Waals surface area contributed by atoms with Crippen molar-refractivity contribution in [2.75, 3.05) is 0 Å². The van der Waals surface area contributed by atoms with E-state index < -0.39 is 10.8 Å². The third kappa shape index (κ3) is 4.14. The number of fused-ring (bicyclic) bond motifs is 2. The summed E-state index contributed by atoms with van der Waals surface area (Å²) >= 11 is 6.33. The van der Waals surface area contributed by atoms with Gasteiger partial charge in [0.15, 0.2) is 5.76 Å². The number of nitrogens with zero attached hydrogens (tertiary/aromatic N) is 3. The molecule has 1 N–H and O–H groups in total. The van der Waals surface area contributed by atoms with Gasteiger partial charge < -0.3 is 8.98 Å². The molecule has 9 heteroatoms. The molecule has 5 rings (SSSR count). The molecule has 1 amide bonds. The van der Waals surface area contributed by atoms with Crippen LogP contribution in [0.2, 0.25) is 5.02 Å². The first-order valence-corrected chi connectivity index (χ1v) is 10.7. The zero-order valence-electron chi connectivity index (χ0n) is 17.6. The molecule has 5 aromatic rings. The maximum absolute atomic E-state index is 12.5. The molecule has 0 saturated heterocycles. The van der Waals surface area contributed by atoms with Gasteiger partial charge in [-0.25, -0.2) is 5.43 Å². The topological polar surface area (TPSA) is 103 Å². The van der Waals surface area contributed by atoms with Gasteiger partial charge in [-0.05, 0) is 29.8 Å². The molecule has 0 radical (unpaired) electrons. The Labute approximate surface area is 198 Å². The van der Waals surface area contributed by atoms with Crippen molar-refractivity contribution in [3.63, 3.8) is 0 Å². The SMILES string of the molecule is O=C(N/N=C/c1cn(Cc2ccccc2Cl)c2ccccc12)c1cc2cc([N+](=O)[O-])ccc2o1.